The van der Waals surface area contributed by atoms with Crippen LogP contribution in [0.15, 0.2) is 11.4 Å². The number of rotatable bonds is 2. The Kier molecular flexibility index (Phi) is 3.14. The van der Waals surface area contributed by atoms with Crippen molar-refractivity contribution in [3.8, 4) is 0 Å². The van der Waals surface area contributed by atoms with Crippen molar-refractivity contribution in [2.45, 2.75) is 44.8 Å². The summed E-state index contributed by atoms with van der Waals surface area (Å²) in [4.78, 5) is 1.32. The summed E-state index contributed by atoms with van der Waals surface area (Å²) in [6.07, 6.45) is 3.47. The van der Waals surface area contributed by atoms with Gasteiger partial charge in [-0.15, -0.1) is 11.3 Å². The van der Waals surface area contributed by atoms with E-state index in [-0.39, 0.29) is 11.6 Å². The Labute approximate surface area is 95.4 Å². The van der Waals surface area contributed by atoms with Gasteiger partial charge in [-0.2, -0.15) is 0 Å². The fourth-order valence-corrected chi connectivity index (χ4v) is 2.92. The van der Waals surface area contributed by atoms with Gasteiger partial charge in [0.15, 0.2) is 0 Å². The summed E-state index contributed by atoms with van der Waals surface area (Å²) in [6, 6.07) is 2.20. The topological polar surface area (TPSA) is 35.2 Å². The molecule has 1 aromatic heterocycles. The molecule has 1 saturated heterocycles. The van der Waals surface area contributed by atoms with E-state index in [9.17, 15) is 0 Å². The number of thiophene rings is 1. The van der Waals surface area contributed by atoms with Crippen molar-refractivity contribution < 1.29 is 4.74 Å². The van der Waals surface area contributed by atoms with Gasteiger partial charge in [0.25, 0.3) is 0 Å². The molecule has 0 aliphatic carbocycles. The summed E-state index contributed by atoms with van der Waals surface area (Å²) >= 11 is 1.76. The highest BCUT2D eigenvalue weighted by molar-refractivity contribution is 7.10. The lowest BCUT2D eigenvalue weighted by atomic mass is 9.85. The molecule has 0 aromatic carbocycles. The maximum absolute atomic E-state index is 6.30. The molecule has 3 heteroatoms. The molecule has 1 fully saturated rings. The van der Waals surface area contributed by atoms with Crippen molar-refractivity contribution in [3.05, 3.63) is 21.9 Å². The first-order valence-corrected chi connectivity index (χ1v) is 6.44. The van der Waals surface area contributed by atoms with E-state index in [4.69, 9.17) is 10.5 Å². The Bertz CT molecular complexity index is 328. The van der Waals surface area contributed by atoms with Crippen LogP contribution in [-0.2, 0) is 4.74 Å². The normalized spacial score (nSPS) is 29.0. The zero-order valence-electron chi connectivity index (χ0n) is 9.45. The Morgan fingerprint density at radius 2 is 2.33 bits per heavy atom. The van der Waals surface area contributed by atoms with Crippen LogP contribution in [0.3, 0.4) is 0 Å². The van der Waals surface area contributed by atoms with E-state index in [0.717, 1.165) is 13.0 Å². The van der Waals surface area contributed by atoms with Crippen molar-refractivity contribution in [2.75, 3.05) is 6.61 Å². The van der Waals surface area contributed by atoms with E-state index in [1.165, 1.54) is 23.3 Å². The van der Waals surface area contributed by atoms with E-state index in [1.54, 1.807) is 11.3 Å². The highest BCUT2D eigenvalue weighted by Gasteiger charge is 2.35. The second kappa shape index (κ2) is 4.24. The largest absolute Gasteiger partial charge is 0.373 e. The molecule has 2 unspecified atom stereocenters. The molecule has 1 aliphatic heterocycles. The molecule has 0 bridgehead atoms. The van der Waals surface area contributed by atoms with Gasteiger partial charge < -0.3 is 10.5 Å². The minimum Gasteiger partial charge on any atom is -0.373 e. The fourth-order valence-electron chi connectivity index (χ4n) is 2.18. The van der Waals surface area contributed by atoms with E-state index >= 15 is 0 Å². The van der Waals surface area contributed by atoms with Crippen molar-refractivity contribution in [1.29, 1.82) is 0 Å². The van der Waals surface area contributed by atoms with Gasteiger partial charge in [0.05, 0.1) is 11.6 Å². The second-order valence-electron chi connectivity index (χ2n) is 4.59. The van der Waals surface area contributed by atoms with Crippen LogP contribution in [0.4, 0.5) is 0 Å². The summed E-state index contributed by atoms with van der Waals surface area (Å²) in [5.41, 5.74) is 7.36. The minimum atomic E-state index is -0.161. The predicted octanol–water partition coefficient (Wildman–Crippen LogP) is 3.02. The molecule has 15 heavy (non-hydrogen) atoms. The maximum Gasteiger partial charge on any atom is 0.0846 e. The quantitative estimate of drug-likeness (QED) is 0.839. The molecule has 2 N–H and O–H groups in total. The summed E-state index contributed by atoms with van der Waals surface area (Å²) in [7, 11) is 0. The summed E-state index contributed by atoms with van der Waals surface area (Å²) in [6.45, 7) is 5.11. The van der Waals surface area contributed by atoms with Gasteiger partial charge in [0, 0.05) is 11.5 Å². The Morgan fingerprint density at radius 3 is 2.87 bits per heavy atom. The lowest BCUT2D eigenvalue weighted by molar-refractivity contribution is -0.0820. The van der Waals surface area contributed by atoms with E-state index in [0.29, 0.717) is 0 Å². The average Bonchev–Trinajstić information content (AvgIpc) is 2.65. The molecular weight excluding hydrogens is 206 g/mol. The zero-order valence-corrected chi connectivity index (χ0v) is 10.3. The minimum absolute atomic E-state index is 0.0164. The Hall–Kier alpha value is -0.380. The van der Waals surface area contributed by atoms with E-state index in [1.807, 2.05) is 0 Å². The lowest BCUT2D eigenvalue weighted by Gasteiger charge is -2.38. The molecule has 0 saturated carbocycles. The molecular formula is C12H19NOS. The molecule has 1 aromatic rings. The van der Waals surface area contributed by atoms with Crippen LogP contribution in [0.5, 0.6) is 0 Å². The number of aryl methyl sites for hydroxylation is 1. The summed E-state index contributed by atoms with van der Waals surface area (Å²) in [5, 5.41) is 2.16. The highest BCUT2D eigenvalue weighted by atomic mass is 32.1. The third-order valence-corrected chi connectivity index (χ3v) is 4.15. The molecule has 0 amide bonds. The molecule has 2 nitrogen and oxygen atoms in total. The van der Waals surface area contributed by atoms with Crippen LogP contribution in [0, 0.1) is 6.92 Å². The number of nitrogens with two attached hydrogens (primary N) is 1. The predicted molar refractivity (Wildman–Crippen MR) is 64.2 cm³/mol. The molecule has 0 spiro atoms. The third-order valence-electron chi connectivity index (χ3n) is 3.27. The second-order valence-corrected chi connectivity index (χ2v) is 5.70. The van der Waals surface area contributed by atoms with Gasteiger partial charge >= 0.3 is 0 Å². The average molecular weight is 225 g/mol. The highest BCUT2D eigenvalue weighted by Crippen LogP contribution is 2.36. The van der Waals surface area contributed by atoms with Crippen LogP contribution >= 0.6 is 11.3 Å². The Balaban J connectivity index is 2.15. The number of hydrogen-bond donors (Lipinski definition) is 1. The van der Waals surface area contributed by atoms with Gasteiger partial charge in [0.1, 0.15) is 0 Å². The fraction of sp³-hybridized carbons (Fsp3) is 0.667. The van der Waals surface area contributed by atoms with Gasteiger partial charge in [0.2, 0.25) is 0 Å². The number of hydrogen-bond acceptors (Lipinski definition) is 3. The van der Waals surface area contributed by atoms with Crippen LogP contribution in [-0.4, -0.2) is 12.2 Å². The first-order chi connectivity index (χ1) is 7.12. The van der Waals surface area contributed by atoms with Gasteiger partial charge in [-0.3, -0.25) is 0 Å². The van der Waals surface area contributed by atoms with Crippen LogP contribution < -0.4 is 5.73 Å². The first kappa shape index (κ1) is 11.1. The van der Waals surface area contributed by atoms with E-state index < -0.39 is 0 Å². The molecule has 2 atom stereocenters. The van der Waals surface area contributed by atoms with E-state index in [2.05, 4.69) is 25.3 Å². The molecule has 1 aliphatic rings. The smallest absolute Gasteiger partial charge is 0.0846 e. The third kappa shape index (κ3) is 2.25. The lowest BCUT2D eigenvalue weighted by Crippen LogP contribution is -2.43. The first-order valence-electron chi connectivity index (χ1n) is 5.56. The molecule has 2 heterocycles. The zero-order chi connectivity index (χ0) is 10.9. The number of ether oxygens (including phenoxy) is 1. The maximum atomic E-state index is 6.30. The van der Waals surface area contributed by atoms with Crippen LogP contribution in [0.25, 0.3) is 0 Å². The molecule has 0 radical (unpaired) electrons. The van der Waals surface area contributed by atoms with Crippen molar-refractivity contribution >= 4 is 11.3 Å². The Morgan fingerprint density at radius 1 is 1.53 bits per heavy atom. The van der Waals surface area contributed by atoms with Crippen LogP contribution in [0.1, 0.15) is 42.7 Å². The SMILES string of the molecule is Cc1cc(C(N)C2(C)CCCCO2)cs1. The monoisotopic (exact) mass is 225 g/mol. The van der Waals surface area contributed by atoms with Gasteiger partial charge in [-0.05, 0) is 50.1 Å². The van der Waals surface area contributed by atoms with Crippen molar-refractivity contribution in [2.24, 2.45) is 5.73 Å². The summed E-state index contributed by atoms with van der Waals surface area (Å²) in [5.74, 6) is 0. The molecule has 84 valence electrons. The van der Waals surface area contributed by atoms with Crippen molar-refractivity contribution in [3.63, 3.8) is 0 Å². The standard InChI is InChI=1S/C12H19NOS/c1-9-7-10(8-15-9)11(13)12(2)5-3-4-6-14-12/h7-8,11H,3-6,13H2,1-2H3. The van der Waals surface area contributed by atoms with Gasteiger partial charge in [-0.25, -0.2) is 0 Å². The molecule has 2 rings (SSSR count). The van der Waals surface area contributed by atoms with Gasteiger partial charge in [-0.1, -0.05) is 0 Å². The summed E-state index contributed by atoms with van der Waals surface area (Å²) < 4.78 is 5.87. The van der Waals surface area contributed by atoms with Crippen LogP contribution in [0.2, 0.25) is 0 Å². The van der Waals surface area contributed by atoms with Crippen molar-refractivity contribution in [1.82, 2.24) is 0 Å².